The van der Waals surface area contributed by atoms with Crippen molar-refractivity contribution in [2.45, 2.75) is 25.3 Å². The van der Waals surface area contributed by atoms with Crippen LogP contribution in [0.3, 0.4) is 0 Å². The summed E-state index contributed by atoms with van der Waals surface area (Å²) in [5.41, 5.74) is 1.61. The average molecular weight is 313 g/mol. The van der Waals surface area contributed by atoms with Gasteiger partial charge in [-0.15, -0.1) is 5.10 Å². The quantitative estimate of drug-likeness (QED) is 0.928. The second-order valence-corrected chi connectivity index (χ2v) is 5.95. The van der Waals surface area contributed by atoms with E-state index in [1.807, 2.05) is 23.2 Å². The predicted octanol–water partition coefficient (Wildman–Crippen LogP) is 1.44. The number of imidazole rings is 1. The van der Waals surface area contributed by atoms with Crippen LogP contribution in [0.4, 0.5) is 5.82 Å². The fourth-order valence-electron chi connectivity index (χ4n) is 3.09. The Hall–Kier alpha value is -2.57. The number of hydrogen-bond donors (Lipinski definition) is 1. The van der Waals surface area contributed by atoms with Crippen molar-refractivity contribution in [1.29, 1.82) is 0 Å². The van der Waals surface area contributed by atoms with E-state index in [0.717, 1.165) is 42.8 Å². The van der Waals surface area contributed by atoms with Crippen molar-refractivity contribution in [1.82, 2.24) is 19.5 Å². The number of likely N-dealkylation sites (tertiary alicyclic amines) is 1. The lowest BCUT2D eigenvalue weighted by Gasteiger charge is -2.20. The highest BCUT2D eigenvalue weighted by molar-refractivity contribution is 5.93. The summed E-state index contributed by atoms with van der Waals surface area (Å²) in [5.74, 6) is 0.905. The number of nitrogens with one attached hydrogen (secondary N) is 1. The summed E-state index contributed by atoms with van der Waals surface area (Å²) in [5, 5.41) is 7.87. The first-order valence-corrected chi connectivity index (χ1v) is 7.96. The number of nitrogens with zero attached hydrogens (tertiary/aromatic N) is 4. The zero-order valence-electron chi connectivity index (χ0n) is 12.8. The van der Waals surface area contributed by atoms with Crippen LogP contribution < -0.4 is 5.32 Å². The zero-order valence-corrected chi connectivity index (χ0v) is 12.8. The Bertz CT molecular complexity index is 754. The maximum atomic E-state index is 12.5. The van der Waals surface area contributed by atoms with Crippen LogP contribution in [0.1, 0.15) is 19.3 Å². The van der Waals surface area contributed by atoms with Crippen LogP contribution in [0.25, 0.3) is 5.65 Å². The number of anilines is 1. The maximum Gasteiger partial charge on any atom is 0.252 e. The van der Waals surface area contributed by atoms with E-state index >= 15 is 0 Å². The number of carbonyl (C=O) groups is 1. The van der Waals surface area contributed by atoms with E-state index in [1.165, 1.54) is 0 Å². The molecule has 2 aliphatic heterocycles. The first kappa shape index (κ1) is 14.0. The molecule has 1 amide bonds. The zero-order chi connectivity index (χ0) is 15.6. The van der Waals surface area contributed by atoms with Gasteiger partial charge < -0.3 is 15.0 Å². The summed E-state index contributed by atoms with van der Waals surface area (Å²) in [4.78, 5) is 18.5. The molecule has 2 aromatic heterocycles. The summed E-state index contributed by atoms with van der Waals surface area (Å²) in [6.07, 6.45) is 7.82. The number of ether oxygens (including phenoxy) is 1. The van der Waals surface area contributed by atoms with Gasteiger partial charge in [-0.2, -0.15) is 0 Å². The molecule has 4 heterocycles. The van der Waals surface area contributed by atoms with Gasteiger partial charge in [0.1, 0.15) is 5.82 Å². The second-order valence-electron chi connectivity index (χ2n) is 5.95. The highest BCUT2D eigenvalue weighted by Gasteiger charge is 2.28. The molecule has 0 saturated carbocycles. The van der Waals surface area contributed by atoms with Crippen LogP contribution in [0.2, 0.25) is 0 Å². The summed E-state index contributed by atoms with van der Waals surface area (Å²) < 4.78 is 7.02. The highest BCUT2D eigenvalue weighted by Crippen LogP contribution is 2.20. The van der Waals surface area contributed by atoms with Gasteiger partial charge in [-0.25, -0.2) is 9.50 Å². The Morgan fingerprint density at radius 1 is 1.39 bits per heavy atom. The molecule has 2 aliphatic rings. The Morgan fingerprint density at radius 2 is 2.35 bits per heavy atom. The molecule has 0 aliphatic carbocycles. The Kier molecular flexibility index (Phi) is 3.61. The van der Waals surface area contributed by atoms with Crippen LogP contribution in [0.5, 0.6) is 0 Å². The lowest BCUT2D eigenvalue weighted by molar-refractivity contribution is -0.126. The monoisotopic (exact) mass is 313 g/mol. The predicted molar refractivity (Wildman–Crippen MR) is 84.9 cm³/mol. The summed E-state index contributed by atoms with van der Waals surface area (Å²) >= 11 is 0. The van der Waals surface area contributed by atoms with Crippen molar-refractivity contribution in [3.63, 3.8) is 0 Å². The minimum atomic E-state index is 0.104. The van der Waals surface area contributed by atoms with Crippen molar-refractivity contribution in [2.75, 3.05) is 25.0 Å². The van der Waals surface area contributed by atoms with E-state index in [9.17, 15) is 4.79 Å². The third-order valence-electron chi connectivity index (χ3n) is 4.29. The van der Waals surface area contributed by atoms with E-state index in [1.54, 1.807) is 17.0 Å². The van der Waals surface area contributed by atoms with Crippen LogP contribution >= 0.6 is 0 Å². The van der Waals surface area contributed by atoms with Gasteiger partial charge in [-0.1, -0.05) is 0 Å². The van der Waals surface area contributed by atoms with Crippen LogP contribution in [-0.4, -0.2) is 51.1 Å². The van der Waals surface area contributed by atoms with E-state index in [2.05, 4.69) is 15.4 Å². The van der Waals surface area contributed by atoms with E-state index < -0.39 is 0 Å². The van der Waals surface area contributed by atoms with E-state index in [0.29, 0.717) is 13.2 Å². The summed E-state index contributed by atoms with van der Waals surface area (Å²) in [6, 6.07) is 4.07. The molecule has 1 saturated heterocycles. The third kappa shape index (κ3) is 2.86. The lowest BCUT2D eigenvalue weighted by atomic mass is 10.1. The molecule has 4 rings (SSSR count). The van der Waals surface area contributed by atoms with Gasteiger partial charge in [0, 0.05) is 31.5 Å². The highest BCUT2D eigenvalue weighted by atomic mass is 16.5. The van der Waals surface area contributed by atoms with Crippen molar-refractivity contribution in [3.8, 4) is 0 Å². The molecule has 7 nitrogen and oxygen atoms in total. The molecule has 120 valence electrons. The van der Waals surface area contributed by atoms with E-state index in [-0.39, 0.29) is 11.9 Å². The minimum absolute atomic E-state index is 0.104. The van der Waals surface area contributed by atoms with Gasteiger partial charge >= 0.3 is 0 Å². The number of hydrogen-bond acceptors (Lipinski definition) is 5. The van der Waals surface area contributed by atoms with Crippen molar-refractivity contribution < 1.29 is 9.53 Å². The van der Waals surface area contributed by atoms with Crippen molar-refractivity contribution >= 4 is 17.4 Å². The van der Waals surface area contributed by atoms with Gasteiger partial charge in [-0.05, 0) is 31.4 Å². The molecule has 1 fully saturated rings. The number of amides is 1. The number of rotatable bonds is 3. The first-order valence-electron chi connectivity index (χ1n) is 7.96. The number of fused-ring (bicyclic) bond motifs is 1. The van der Waals surface area contributed by atoms with Gasteiger partial charge in [0.2, 0.25) is 0 Å². The SMILES string of the molecule is O=C(C1=COCCC1)N1CCC(Nc2ccc3nccn3n2)C1. The molecule has 7 heteroatoms. The second kappa shape index (κ2) is 5.91. The molecule has 2 aromatic rings. The molecule has 0 aromatic carbocycles. The smallest absolute Gasteiger partial charge is 0.252 e. The standard InChI is InChI=1S/C16H19N5O2/c22-16(12-2-1-9-23-11-12)20-7-5-13(10-20)18-14-3-4-15-17-6-8-21(15)19-14/h3-4,6,8,11,13H,1-2,5,7,9-10H2,(H,18,19). The van der Waals surface area contributed by atoms with Crippen LogP contribution in [-0.2, 0) is 9.53 Å². The Labute approximate surface area is 133 Å². The van der Waals surface area contributed by atoms with Crippen molar-refractivity contribution in [2.24, 2.45) is 0 Å². The maximum absolute atomic E-state index is 12.5. The van der Waals surface area contributed by atoms with E-state index in [4.69, 9.17) is 4.74 Å². The fraction of sp³-hybridized carbons (Fsp3) is 0.438. The molecular formula is C16H19N5O2. The van der Waals surface area contributed by atoms with Gasteiger partial charge in [0.05, 0.1) is 18.4 Å². The molecule has 23 heavy (non-hydrogen) atoms. The molecule has 0 radical (unpaired) electrons. The number of aromatic nitrogens is 3. The fourth-order valence-corrected chi connectivity index (χ4v) is 3.09. The summed E-state index contributed by atoms with van der Waals surface area (Å²) in [7, 11) is 0. The molecule has 0 bridgehead atoms. The molecule has 1 N–H and O–H groups in total. The average Bonchev–Trinajstić information content (AvgIpc) is 3.24. The Morgan fingerprint density at radius 3 is 3.22 bits per heavy atom. The van der Waals surface area contributed by atoms with Gasteiger partial charge in [0.15, 0.2) is 5.65 Å². The minimum Gasteiger partial charge on any atom is -0.501 e. The summed E-state index contributed by atoms with van der Waals surface area (Å²) in [6.45, 7) is 2.17. The molecule has 1 atom stereocenters. The van der Waals surface area contributed by atoms with Gasteiger partial charge in [-0.3, -0.25) is 4.79 Å². The Balaban J connectivity index is 1.39. The topological polar surface area (TPSA) is 71.8 Å². The lowest BCUT2D eigenvalue weighted by Crippen LogP contribution is -2.33. The molecular weight excluding hydrogens is 294 g/mol. The first-order chi connectivity index (χ1) is 11.3. The normalized spacial score (nSPS) is 21.1. The third-order valence-corrected chi connectivity index (χ3v) is 4.29. The van der Waals surface area contributed by atoms with Crippen LogP contribution in [0.15, 0.2) is 36.4 Å². The van der Waals surface area contributed by atoms with Crippen molar-refractivity contribution in [3.05, 3.63) is 36.4 Å². The number of carbonyl (C=O) groups excluding carboxylic acids is 1. The molecule has 1 unspecified atom stereocenters. The molecule has 0 spiro atoms. The van der Waals surface area contributed by atoms with Crippen LogP contribution in [0, 0.1) is 0 Å². The van der Waals surface area contributed by atoms with Gasteiger partial charge in [0.25, 0.3) is 5.91 Å². The largest absolute Gasteiger partial charge is 0.501 e.